The fourth-order valence-corrected chi connectivity index (χ4v) is 0.614. The van der Waals surface area contributed by atoms with Gasteiger partial charge in [-0.2, -0.15) is 0 Å². The van der Waals surface area contributed by atoms with Crippen LogP contribution < -0.4 is 0 Å². The summed E-state index contributed by atoms with van der Waals surface area (Å²) < 4.78 is 0. The third kappa shape index (κ3) is 1.90. The second kappa shape index (κ2) is 3.30. The topological polar surface area (TPSA) is 28.7 Å². The smallest absolute Gasteiger partial charge is 0.129 e. The number of nitrogens with one attached hydrogen (secondary N) is 1. The number of aromatic amines is 1. The Morgan fingerprint density at radius 2 is 2.67 bits per heavy atom. The first-order chi connectivity index (χ1) is 4.43. The summed E-state index contributed by atoms with van der Waals surface area (Å²) in [7, 11) is 0. The summed E-state index contributed by atoms with van der Waals surface area (Å²) in [5.41, 5.74) is 0. The van der Waals surface area contributed by atoms with Crippen LogP contribution in [0.4, 0.5) is 0 Å². The summed E-state index contributed by atoms with van der Waals surface area (Å²) in [5.74, 6) is 1.37. The predicted octanol–water partition coefficient (Wildman–Crippen LogP) is 1.66. The van der Waals surface area contributed by atoms with E-state index in [-0.39, 0.29) is 0 Å². The van der Waals surface area contributed by atoms with Crippen LogP contribution in [0.15, 0.2) is 18.5 Å². The van der Waals surface area contributed by atoms with E-state index in [1.54, 1.807) is 12.4 Å². The van der Waals surface area contributed by atoms with Crippen LogP contribution in [0.25, 0.3) is 6.08 Å². The molecule has 1 rings (SSSR count). The number of aromatic nitrogens is 2. The number of allylic oxidation sites excluding steroid dienone is 1. The van der Waals surface area contributed by atoms with Crippen molar-refractivity contribution in [1.82, 2.24) is 9.97 Å². The summed E-state index contributed by atoms with van der Waals surface area (Å²) in [6.07, 6.45) is 7.15. The lowest BCUT2D eigenvalue weighted by atomic mass is 10.5. The third-order valence-electron chi connectivity index (χ3n) is 0.884. The highest BCUT2D eigenvalue weighted by Gasteiger charge is 1.81. The van der Waals surface area contributed by atoms with Crippen molar-refractivity contribution in [1.29, 1.82) is 0 Å². The third-order valence-corrected chi connectivity index (χ3v) is 1.06. The van der Waals surface area contributed by atoms with Crippen molar-refractivity contribution in [3.63, 3.8) is 0 Å². The molecule has 1 N–H and O–H groups in total. The van der Waals surface area contributed by atoms with E-state index < -0.39 is 0 Å². The first-order valence-electron chi connectivity index (χ1n) is 2.65. The maximum absolute atomic E-state index is 5.39. The molecule has 0 saturated carbocycles. The summed E-state index contributed by atoms with van der Waals surface area (Å²) in [6, 6.07) is 0. The van der Waals surface area contributed by atoms with Gasteiger partial charge in [-0.1, -0.05) is 6.08 Å². The molecule has 0 aromatic carbocycles. The molecule has 0 amide bonds. The molecule has 0 spiro atoms. The Labute approximate surface area is 58.6 Å². The van der Waals surface area contributed by atoms with E-state index in [1.807, 2.05) is 12.2 Å². The van der Waals surface area contributed by atoms with Gasteiger partial charge in [0.15, 0.2) is 0 Å². The molecular weight excluding hydrogens is 136 g/mol. The molecule has 0 aliphatic carbocycles. The van der Waals surface area contributed by atoms with Crippen LogP contribution in [-0.4, -0.2) is 15.8 Å². The molecule has 0 bridgehead atoms. The maximum Gasteiger partial charge on any atom is 0.129 e. The zero-order valence-corrected chi connectivity index (χ0v) is 5.60. The van der Waals surface area contributed by atoms with E-state index in [4.69, 9.17) is 11.6 Å². The van der Waals surface area contributed by atoms with Crippen molar-refractivity contribution in [2.75, 3.05) is 5.88 Å². The van der Waals surface area contributed by atoms with Crippen molar-refractivity contribution < 1.29 is 0 Å². The molecule has 0 saturated heterocycles. The van der Waals surface area contributed by atoms with E-state index >= 15 is 0 Å². The summed E-state index contributed by atoms with van der Waals surface area (Å²) >= 11 is 5.39. The average molecular weight is 143 g/mol. The molecule has 1 heterocycles. The van der Waals surface area contributed by atoms with Crippen molar-refractivity contribution >= 4 is 17.7 Å². The lowest BCUT2D eigenvalue weighted by Crippen LogP contribution is -1.71. The maximum atomic E-state index is 5.39. The molecule has 48 valence electrons. The van der Waals surface area contributed by atoms with E-state index in [2.05, 4.69) is 9.97 Å². The van der Waals surface area contributed by atoms with E-state index in [9.17, 15) is 0 Å². The summed E-state index contributed by atoms with van der Waals surface area (Å²) in [4.78, 5) is 6.87. The molecule has 1 aromatic heterocycles. The number of H-pyrrole nitrogens is 1. The number of imidazole rings is 1. The van der Waals surface area contributed by atoms with Gasteiger partial charge < -0.3 is 4.98 Å². The van der Waals surface area contributed by atoms with Crippen LogP contribution in [0.2, 0.25) is 0 Å². The standard InChI is InChI=1S/C6H7ClN2/c7-3-1-2-6-8-4-5-9-6/h1-2,4-5H,3H2,(H,8,9). The van der Waals surface area contributed by atoms with Gasteiger partial charge in [-0.05, 0) is 6.08 Å². The van der Waals surface area contributed by atoms with Gasteiger partial charge >= 0.3 is 0 Å². The first-order valence-corrected chi connectivity index (χ1v) is 3.19. The molecule has 3 heteroatoms. The quantitative estimate of drug-likeness (QED) is 0.626. The molecule has 0 aliphatic rings. The Bertz CT molecular complexity index is 179. The summed E-state index contributed by atoms with van der Waals surface area (Å²) in [6.45, 7) is 0. The lowest BCUT2D eigenvalue weighted by molar-refractivity contribution is 1.26. The Morgan fingerprint density at radius 3 is 3.22 bits per heavy atom. The van der Waals surface area contributed by atoms with Crippen LogP contribution in [-0.2, 0) is 0 Å². The fourth-order valence-electron chi connectivity index (χ4n) is 0.525. The minimum Gasteiger partial charge on any atom is -0.345 e. The molecule has 0 atom stereocenters. The van der Waals surface area contributed by atoms with Crippen LogP contribution >= 0.6 is 11.6 Å². The Morgan fingerprint density at radius 1 is 1.78 bits per heavy atom. The number of halogens is 1. The van der Waals surface area contributed by atoms with Crippen LogP contribution in [0.1, 0.15) is 5.82 Å². The van der Waals surface area contributed by atoms with Crippen molar-refractivity contribution in [3.8, 4) is 0 Å². The molecule has 0 fully saturated rings. The Hall–Kier alpha value is -0.760. The van der Waals surface area contributed by atoms with E-state index in [0.29, 0.717) is 5.88 Å². The number of rotatable bonds is 2. The van der Waals surface area contributed by atoms with Gasteiger partial charge in [-0.25, -0.2) is 4.98 Å². The number of nitrogens with zero attached hydrogens (tertiary/aromatic N) is 1. The molecule has 1 aromatic rings. The van der Waals surface area contributed by atoms with Gasteiger partial charge in [0.25, 0.3) is 0 Å². The molecule has 0 radical (unpaired) electrons. The second-order valence-electron chi connectivity index (χ2n) is 1.53. The highest BCUT2D eigenvalue weighted by Crippen LogP contribution is 1.91. The average Bonchev–Trinajstić information content (AvgIpc) is 2.34. The largest absolute Gasteiger partial charge is 0.345 e. The van der Waals surface area contributed by atoms with Crippen LogP contribution in [0.5, 0.6) is 0 Å². The van der Waals surface area contributed by atoms with Gasteiger partial charge in [0.2, 0.25) is 0 Å². The van der Waals surface area contributed by atoms with Gasteiger partial charge in [-0.3, -0.25) is 0 Å². The predicted molar refractivity (Wildman–Crippen MR) is 38.3 cm³/mol. The van der Waals surface area contributed by atoms with Crippen molar-refractivity contribution in [2.24, 2.45) is 0 Å². The van der Waals surface area contributed by atoms with Crippen LogP contribution in [0, 0.1) is 0 Å². The van der Waals surface area contributed by atoms with Gasteiger partial charge in [-0.15, -0.1) is 11.6 Å². The first kappa shape index (κ1) is 6.36. The van der Waals surface area contributed by atoms with E-state index in [1.165, 1.54) is 0 Å². The normalized spacial score (nSPS) is 10.8. The monoisotopic (exact) mass is 142 g/mol. The second-order valence-corrected chi connectivity index (χ2v) is 1.84. The van der Waals surface area contributed by atoms with Gasteiger partial charge in [0.1, 0.15) is 5.82 Å². The van der Waals surface area contributed by atoms with Crippen molar-refractivity contribution in [3.05, 3.63) is 24.3 Å². The number of hydrogen-bond acceptors (Lipinski definition) is 1. The van der Waals surface area contributed by atoms with Crippen LogP contribution in [0.3, 0.4) is 0 Å². The molecule has 9 heavy (non-hydrogen) atoms. The molecule has 0 aliphatic heterocycles. The number of alkyl halides is 1. The van der Waals surface area contributed by atoms with Gasteiger partial charge in [0, 0.05) is 18.3 Å². The molecular formula is C6H7ClN2. The minimum absolute atomic E-state index is 0.528. The summed E-state index contributed by atoms with van der Waals surface area (Å²) in [5, 5.41) is 0. The highest BCUT2D eigenvalue weighted by atomic mass is 35.5. The minimum atomic E-state index is 0.528. The lowest BCUT2D eigenvalue weighted by Gasteiger charge is -1.78. The van der Waals surface area contributed by atoms with E-state index in [0.717, 1.165) is 5.82 Å². The SMILES string of the molecule is ClCC=Cc1ncc[nH]1. The Kier molecular flexibility index (Phi) is 2.33. The fraction of sp³-hybridized carbons (Fsp3) is 0.167. The molecule has 2 nitrogen and oxygen atoms in total. The zero-order valence-electron chi connectivity index (χ0n) is 4.84. The highest BCUT2D eigenvalue weighted by molar-refractivity contribution is 6.19. The van der Waals surface area contributed by atoms with Crippen molar-refractivity contribution in [2.45, 2.75) is 0 Å². The molecule has 0 unspecified atom stereocenters. The zero-order chi connectivity index (χ0) is 6.53. The van der Waals surface area contributed by atoms with Gasteiger partial charge in [0.05, 0.1) is 0 Å². The Balaban J connectivity index is 2.57. The number of hydrogen-bond donors (Lipinski definition) is 1.